The Labute approximate surface area is 144 Å². The van der Waals surface area contributed by atoms with E-state index in [1.54, 1.807) is 24.3 Å². The highest BCUT2D eigenvalue weighted by Gasteiger charge is 2.33. The number of hydrogen-bond donors (Lipinski definition) is 0. The van der Waals surface area contributed by atoms with E-state index in [2.05, 4.69) is 6.07 Å². The number of ketones is 1. The molecule has 0 fully saturated rings. The van der Waals surface area contributed by atoms with Gasteiger partial charge in [0.15, 0.2) is 11.5 Å². The van der Waals surface area contributed by atoms with Crippen LogP contribution in [-0.4, -0.2) is 5.78 Å². The SMILES string of the molecule is [O]C1=C(c2c3ccccc3cc3ccccc23)C(=O)c2ccccc21. The van der Waals surface area contributed by atoms with Crippen molar-refractivity contribution in [3.63, 3.8) is 0 Å². The van der Waals surface area contributed by atoms with Crippen molar-refractivity contribution < 1.29 is 9.90 Å². The molecule has 0 aliphatic heterocycles. The number of allylic oxidation sites excluding steroid dienone is 1. The summed E-state index contributed by atoms with van der Waals surface area (Å²) in [7, 11) is 0. The van der Waals surface area contributed by atoms with Crippen molar-refractivity contribution >= 4 is 38.7 Å². The standard InChI is InChI=1S/C23H13O2/c24-22-18-11-5-6-12-19(18)23(25)21(22)20-16-9-3-1-7-14(16)13-15-8-2-4-10-17(15)20/h1-13H. The van der Waals surface area contributed by atoms with Crippen molar-refractivity contribution in [2.24, 2.45) is 0 Å². The van der Waals surface area contributed by atoms with Gasteiger partial charge in [-0.1, -0.05) is 72.8 Å². The van der Waals surface area contributed by atoms with Gasteiger partial charge in [0.25, 0.3) is 0 Å². The number of fused-ring (bicyclic) bond motifs is 3. The molecule has 1 aliphatic rings. The maximum absolute atomic E-state index is 13.0. The molecule has 0 bridgehead atoms. The van der Waals surface area contributed by atoms with Crippen LogP contribution in [0.3, 0.4) is 0 Å². The van der Waals surface area contributed by atoms with E-state index >= 15 is 0 Å². The highest BCUT2D eigenvalue weighted by molar-refractivity contribution is 6.42. The van der Waals surface area contributed by atoms with Gasteiger partial charge in [0.1, 0.15) is 0 Å². The van der Waals surface area contributed by atoms with Crippen LogP contribution in [0.2, 0.25) is 0 Å². The lowest BCUT2D eigenvalue weighted by molar-refractivity contribution is 0.105. The van der Waals surface area contributed by atoms with Crippen LogP contribution < -0.4 is 0 Å². The van der Waals surface area contributed by atoms with Crippen LogP contribution in [0.25, 0.3) is 32.9 Å². The second kappa shape index (κ2) is 5.05. The van der Waals surface area contributed by atoms with Crippen LogP contribution in [0.5, 0.6) is 0 Å². The van der Waals surface area contributed by atoms with E-state index in [0.29, 0.717) is 11.1 Å². The maximum Gasteiger partial charge on any atom is 0.198 e. The van der Waals surface area contributed by atoms with Crippen molar-refractivity contribution in [1.82, 2.24) is 0 Å². The van der Waals surface area contributed by atoms with Gasteiger partial charge in [0.2, 0.25) is 0 Å². The molecule has 2 nitrogen and oxygen atoms in total. The Balaban J connectivity index is 1.96. The van der Waals surface area contributed by atoms with Crippen molar-refractivity contribution in [2.75, 3.05) is 0 Å². The molecule has 0 spiro atoms. The Bertz CT molecular complexity index is 1160. The predicted molar refractivity (Wildman–Crippen MR) is 99.7 cm³/mol. The van der Waals surface area contributed by atoms with E-state index < -0.39 is 0 Å². The molecule has 0 unspecified atom stereocenters. The first kappa shape index (κ1) is 14.0. The number of carbonyl (C=O) groups is 1. The first-order valence-electron chi connectivity index (χ1n) is 8.22. The minimum atomic E-state index is -0.179. The number of carbonyl (C=O) groups excluding carboxylic acids is 1. The van der Waals surface area contributed by atoms with Crippen LogP contribution in [-0.2, 0) is 5.11 Å². The monoisotopic (exact) mass is 321 g/mol. The third-order valence-corrected chi connectivity index (χ3v) is 4.89. The van der Waals surface area contributed by atoms with Gasteiger partial charge in [-0.3, -0.25) is 9.90 Å². The number of benzene rings is 4. The fourth-order valence-electron chi connectivity index (χ4n) is 3.76. The summed E-state index contributed by atoms with van der Waals surface area (Å²) >= 11 is 0. The van der Waals surface area contributed by atoms with E-state index in [4.69, 9.17) is 0 Å². The third-order valence-electron chi connectivity index (χ3n) is 4.89. The fraction of sp³-hybridized carbons (Fsp3) is 0. The summed E-state index contributed by atoms with van der Waals surface area (Å²) in [4.78, 5) is 13.0. The van der Waals surface area contributed by atoms with Crippen LogP contribution in [0.15, 0.2) is 78.9 Å². The topological polar surface area (TPSA) is 37.0 Å². The molecule has 0 atom stereocenters. The molecule has 25 heavy (non-hydrogen) atoms. The largest absolute Gasteiger partial charge is 0.288 e. The Morgan fingerprint density at radius 3 is 1.72 bits per heavy atom. The lowest BCUT2D eigenvalue weighted by Gasteiger charge is -2.12. The van der Waals surface area contributed by atoms with Crippen molar-refractivity contribution in [1.29, 1.82) is 0 Å². The van der Waals surface area contributed by atoms with Gasteiger partial charge >= 0.3 is 0 Å². The van der Waals surface area contributed by atoms with E-state index in [1.807, 2.05) is 48.5 Å². The molecule has 2 heteroatoms. The van der Waals surface area contributed by atoms with Crippen molar-refractivity contribution in [3.8, 4) is 0 Å². The quantitative estimate of drug-likeness (QED) is 0.427. The zero-order chi connectivity index (χ0) is 17.0. The van der Waals surface area contributed by atoms with Gasteiger partial charge in [0, 0.05) is 16.7 Å². The lowest BCUT2D eigenvalue weighted by atomic mass is 9.90. The molecule has 117 valence electrons. The highest BCUT2D eigenvalue weighted by Crippen LogP contribution is 2.42. The molecule has 0 aromatic heterocycles. The smallest absolute Gasteiger partial charge is 0.198 e. The molecule has 1 radical (unpaired) electrons. The molecule has 4 aromatic rings. The van der Waals surface area contributed by atoms with E-state index in [-0.39, 0.29) is 17.1 Å². The summed E-state index contributed by atoms with van der Waals surface area (Å²) in [6.45, 7) is 0. The zero-order valence-corrected chi connectivity index (χ0v) is 13.3. The predicted octanol–water partition coefficient (Wildman–Crippen LogP) is 5.49. The summed E-state index contributed by atoms with van der Waals surface area (Å²) < 4.78 is 0. The number of hydrogen-bond acceptors (Lipinski definition) is 1. The summed E-state index contributed by atoms with van der Waals surface area (Å²) in [5.41, 5.74) is 2.04. The Kier molecular flexibility index (Phi) is 2.83. The highest BCUT2D eigenvalue weighted by atomic mass is 16.3. The minimum Gasteiger partial charge on any atom is -0.288 e. The zero-order valence-electron chi connectivity index (χ0n) is 13.3. The van der Waals surface area contributed by atoms with Gasteiger partial charge in [-0.05, 0) is 27.6 Å². The summed E-state index contributed by atoms with van der Waals surface area (Å²) in [6.07, 6.45) is 0. The Morgan fingerprint density at radius 1 is 0.600 bits per heavy atom. The molecule has 0 amide bonds. The van der Waals surface area contributed by atoms with E-state index in [9.17, 15) is 9.90 Å². The molecule has 0 saturated heterocycles. The second-order valence-corrected chi connectivity index (χ2v) is 6.27. The van der Waals surface area contributed by atoms with E-state index in [1.165, 1.54) is 0 Å². The molecule has 5 rings (SSSR count). The first-order valence-corrected chi connectivity index (χ1v) is 8.22. The molecule has 0 saturated carbocycles. The summed E-state index contributed by atoms with van der Waals surface area (Å²) in [5, 5.41) is 17.0. The van der Waals surface area contributed by atoms with Gasteiger partial charge in [-0.25, -0.2) is 0 Å². The molecule has 1 aliphatic carbocycles. The number of rotatable bonds is 1. The second-order valence-electron chi connectivity index (χ2n) is 6.27. The minimum absolute atomic E-state index is 0.179. The van der Waals surface area contributed by atoms with Crippen LogP contribution in [0.1, 0.15) is 21.5 Å². The van der Waals surface area contributed by atoms with E-state index in [0.717, 1.165) is 27.1 Å². The van der Waals surface area contributed by atoms with Gasteiger partial charge in [0.05, 0.1) is 5.57 Å². The van der Waals surface area contributed by atoms with Crippen LogP contribution in [0, 0.1) is 0 Å². The van der Waals surface area contributed by atoms with Crippen LogP contribution in [0.4, 0.5) is 0 Å². The first-order chi connectivity index (χ1) is 12.3. The number of Topliss-reactive ketones (excluding diaryl/α,β-unsaturated/α-hetero) is 1. The van der Waals surface area contributed by atoms with Gasteiger partial charge in [-0.2, -0.15) is 0 Å². The Morgan fingerprint density at radius 2 is 1.12 bits per heavy atom. The lowest BCUT2D eigenvalue weighted by Crippen LogP contribution is -2.00. The molecular formula is C23H13O2. The van der Waals surface area contributed by atoms with Crippen molar-refractivity contribution in [3.05, 3.63) is 95.6 Å². The maximum atomic E-state index is 13.0. The van der Waals surface area contributed by atoms with Crippen molar-refractivity contribution in [2.45, 2.75) is 0 Å². The summed E-state index contributed by atoms with van der Waals surface area (Å²) in [6, 6.07) is 25.0. The molecular weight excluding hydrogens is 308 g/mol. The molecule has 4 aromatic carbocycles. The van der Waals surface area contributed by atoms with Crippen LogP contribution >= 0.6 is 0 Å². The Hall–Kier alpha value is -3.39. The molecule has 0 heterocycles. The normalized spacial score (nSPS) is 13.7. The third kappa shape index (κ3) is 1.88. The fourth-order valence-corrected chi connectivity index (χ4v) is 3.76. The van der Waals surface area contributed by atoms with Gasteiger partial charge < -0.3 is 0 Å². The summed E-state index contributed by atoms with van der Waals surface area (Å²) in [5.74, 6) is -0.357. The average molecular weight is 321 g/mol. The van der Waals surface area contributed by atoms with Gasteiger partial charge in [-0.15, -0.1) is 0 Å². The average Bonchev–Trinajstić information content (AvgIpc) is 2.91. The molecule has 0 N–H and O–H groups in total.